The number of halogens is 1. The maximum atomic E-state index is 13.8. The molecular weight excluding hydrogens is 269 g/mol. The third kappa shape index (κ3) is 2.50. The van der Waals surface area contributed by atoms with Gasteiger partial charge in [-0.2, -0.15) is 0 Å². The van der Waals surface area contributed by atoms with Crippen molar-refractivity contribution in [3.63, 3.8) is 0 Å². The molecule has 2 aromatic carbocycles. The monoisotopic (exact) mass is 283 g/mol. The second-order valence-corrected chi connectivity index (χ2v) is 4.92. The summed E-state index contributed by atoms with van der Waals surface area (Å²) in [5.41, 5.74) is 8.86. The molecule has 0 saturated heterocycles. The van der Waals surface area contributed by atoms with Gasteiger partial charge in [0.1, 0.15) is 6.33 Å². The van der Waals surface area contributed by atoms with E-state index in [-0.39, 0.29) is 5.75 Å². The second kappa shape index (κ2) is 5.01. The van der Waals surface area contributed by atoms with Gasteiger partial charge in [0.05, 0.1) is 10.9 Å². The maximum Gasteiger partial charge on any atom is 0.230 e. The highest BCUT2D eigenvalue weighted by Crippen LogP contribution is 2.30. The first-order valence-corrected chi connectivity index (χ1v) is 6.49. The van der Waals surface area contributed by atoms with Crippen LogP contribution in [0.3, 0.4) is 0 Å². The molecule has 0 atom stereocenters. The van der Waals surface area contributed by atoms with Crippen molar-refractivity contribution in [2.45, 2.75) is 13.8 Å². The molecule has 5 heteroatoms. The fourth-order valence-corrected chi connectivity index (χ4v) is 2.08. The molecule has 0 fully saturated rings. The van der Waals surface area contributed by atoms with Gasteiger partial charge in [-0.25, -0.2) is 14.4 Å². The summed E-state index contributed by atoms with van der Waals surface area (Å²) in [6, 6.07) is 8.18. The van der Waals surface area contributed by atoms with E-state index in [1.54, 1.807) is 6.07 Å². The molecule has 0 aliphatic heterocycles. The van der Waals surface area contributed by atoms with Gasteiger partial charge in [-0.3, -0.25) is 0 Å². The van der Waals surface area contributed by atoms with Gasteiger partial charge in [0, 0.05) is 11.8 Å². The largest absolute Gasteiger partial charge is 0.435 e. The third-order valence-corrected chi connectivity index (χ3v) is 3.38. The lowest BCUT2D eigenvalue weighted by molar-refractivity contribution is 0.432. The van der Waals surface area contributed by atoms with E-state index in [0.29, 0.717) is 11.6 Å². The lowest BCUT2D eigenvalue weighted by atomic mass is 10.1. The van der Waals surface area contributed by atoms with E-state index < -0.39 is 5.82 Å². The molecule has 21 heavy (non-hydrogen) atoms. The zero-order chi connectivity index (χ0) is 15.0. The van der Waals surface area contributed by atoms with Crippen molar-refractivity contribution < 1.29 is 9.13 Å². The van der Waals surface area contributed by atoms with E-state index in [2.05, 4.69) is 9.97 Å². The van der Waals surface area contributed by atoms with E-state index in [1.165, 1.54) is 18.5 Å². The topological polar surface area (TPSA) is 61.0 Å². The summed E-state index contributed by atoms with van der Waals surface area (Å²) < 4.78 is 19.4. The fraction of sp³-hybridized carbons (Fsp3) is 0.125. The van der Waals surface area contributed by atoms with E-state index in [1.807, 2.05) is 26.0 Å². The zero-order valence-corrected chi connectivity index (χ0v) is 11.7. The number of benzene rings is 2. The minimum absolute atomic E-state index is 0.0856. The number of nitrogens with two attached hydrogens (primary N) is 1. The van der Waals surface area contributed by atoms with Crippen LogP contribution in [0.25, 0.3) is 10.9 Å². The zero-order valence-electron chi connectivity index (χ0n) is 11.7. The van der Waals surface area contributed by atoms with Gasteiger partial charge in [-0.1, -0.05) is 0 Å². The molecule has 0 saturated carbocycles. The minimum atomic E-state index is -0.523. The van der Waals surface area contributed by atoms with Crippen LogP contribution >= 0.6 is 0 Å². The van der Waals surface area contributed by atoms with Gasteiger partial charge in [-0.15, -0.1) is 0 Å². The number of fused-ring (bicyclic) bond motifs is 1. The SMILES string of the molecule is Cc1cc2ncnc(Oc3ccc(N)cc3F)c2cc1C. The number of rotatable bonds is 2. The van der Waals surface area contributed by atoms with E-state index in [0.717, 1.165) is 22.0 Å². The summed E-state index contributed by atoms with van der Waals surface area (Å²) in [7, 11) is 0. The molecular formula is C16H14FN3O. The first-order chi connectivity index (χ1) is 10.0. The van der Waals surface area contributed by atoms with E-state index in [4.69, 9.17) is 10.5 Å². The van der Waals surface area contributed by atoms with Crippen molar-refractivity contribution in [1.82, 2.24) is 9.97 Å². The Morgan fingerprint density at radius 3 is 2.57 bits per heavy atom. The average Bonchev–Trinajstić information content (AvgIpc) is 2.44. The molecule has 1 heterocycles. The molecule has 0 aliphatic rings. The second-order valence-electron chi connectivity index (χ2n) is 4.92. The summed E-state index contributed by atoms with van der Waals surface area (Å²) in [5.74, 6) is -0.111. The minimum Gasteiger partial charge on any atom is -0.435 e. The Kier molecular flexibility index (Phi) is 3.17. The van der Waals surface area contributed by atoms with Crippen molar-refractivity contribution in [3.8, 4) is 11.6 Å². The lowest BCUT2D eigenvalue weighted by Crippen LogP contribution is -1.95. The van der Waals surface area contributed by atoms with Crippen LogP contribution in [0.5, 0.6) is 11.6 Å². The Balaban J connectivity index is 2.10. The summed E-state index contributed by atoms with van der Waals surface area (Å²) in [6.07, 6.45) is 1.40. The van der Waals surface area contributed by atoms with Gasteiger partial charge >= 0.3 is 0 Å². The number of aromatic nitrogens is 2. The number of hydrogen-bond acceptors (Lipinski definition) is 4. The summed E-state index contributed by atoms with van der Waals surface area (Å²) >= 11 is 0. The molecule has 2 N–H and O–H groups in total. The maximum absolute atomic E-state index is 13.8. The quantitative estimate of drug-likeness (QED) is 0.727. The Morgan fingerprint density at radius 1 is 1.05 bits per heavy atom. The average molecular weight is 283 g/mol. The number of hydrogen-bond donors (Lipinski definition) is 1. The molecule has 3 aromatic rings. The van der Waals surface area contributed by atoms with Crippen LogP contribution in [0.15, 0.2) is 36.7 Å². The van der Waals surface area contributed by atoms with Gasteiger partial charge in [0.2, 0.25) is 5.88 Å². The summed E-state index contributed by atoms with van der Waals surface area (Å²) in [4.78, 5) is 8.32. The summed E-state index contributed by atoms with van der Waals surface area (Å²) in [6.45, 7) is 4.01. The first kappa shape index (κ1) is 13.3. The standard InChI is InChI=1S/C16H14FN3O/c1-9-5-12-14(6-10(9)2)19-8-20-16(12)21-15-4-3-11(18)7-13(15)17/h3-8H,18H2,1-2H3. The van der Waals surface area contributed by atoms with Crippen LogP contribution in [0.1, 0.15) is 11.1 Å². The summed E-state index contributed by atoms with van der Waals surface area (Å²) in [5, 5.41) is 0.747. The Morgan fingerprint density at radius 2 is 1.81 bits per heavy atom. The lowest BCUT2D eigenvalue weighted by Gasteiger charge is -2.10. The number of nitrogens with zero attached hydrogens (tertiary/aromatic N) is 2. The van der Waals surface area contributed by atoms with Gasteiger partial charge in [0.15, 0.2) is 11.6 Å². The molecule has 0 amide bonds. The number of anilines is 1. The molecule has 0 bridgehead atoms. The molecule has 0 unspecified atom stereocenters. The Hall–Kier alpha value is -2.69. The van der Waals surface area contributed by atoms with Crippen LogP contribution < -0.4 is 10.5 Å². The third-order valence-electron chi connectivity index (χ3n) is 3.38. The number of ether oxygens (including phenoxy) is 1. The van der Waals surface area contributed by atoms with Crippen LogP contribution in [0.4, 0.5) is 10.1 Å². The predicted octanol–water partition coefficient (Wildman–Crippen LogP) is 3.76. The highest BCUT2D eigenvalue weighted by Gasteiger charge is 2.11. The van der Waals surface area contributed by atoms with Crippen LogP contribution in [0, 0.1) is 19.7 Å². The van der Waals surface area contributed by atoms with Crippen molar-refractivity contribution in [1.29, 1.82) is 0 Å². The molecule has 1 aromatic heterocycles. The fourth-order valence-electron chi connectivity index (χ4n) is 2.08. The molecule has 0 radical (unpaired) electrons. The highest BCUT2D eigenvalue weighted by molar-refractivity contribution is 5.85. The Labute approximate surface area is 121 Å². The molecule has 3 rings (SSSR count). The molecule has 0 spiro atoms. The van der Waals surface area contributed by atoms with Crippen molar-refractivity contribution in [2.75, 3.05) is 5.73 Å². The predicted molar refractivity (Wildman–Crippen MR) is 79.9 cm³/mol. The van der Waals surface area contributed by atoms with Crippen molar-refractivity contribution >= 4 is 16.6 Å². The number of aryl methyl sites for hydroxylation is 2. The Bertz CT molecular complexity index is 833. The van der Waals surface area contributed by atoms with Crippen molar-refractivity contribution in [3.05, 3.63) is 53.6 Å². The van der Waals surface area contributed by atoms with E-state index >= 15 is 0 Å². The van der Waals surface area contributed by atoms with Crippen molar-refractivity contribution in [2.24, 2.45) is 0 Å². The number of nitrogen functional groups attached to an aromatic ring is 1. The molecule has 106 valence electrons. The van der Waals surface area contributed by atoms with Gasteiger partial charge < -0.3 is 10.5 Å². The highest BCUT2D eigenvalue weighted by atomic mass is 19.1. The van der Waals surface area contributed by atoms with Crippen LogP contribution in [0.2, 0.25) is 0 Å². The van der Waals surface area contributed by atoms with Crippen LogP contribution in [-0.2, 0) is 0 Å². The van der Waals surface area contributed by atoms with Crippen LogP contribution in [-0.4, -0.2) is 9.97 Å². The molecule has 0 aliphatic carbocycles. The van der Waals surface area contributed by atoms with Gasteiger partial charge in [0.25, 0.3) is 0 Å². The normalized spacial score (nSPS) is 10.8. The smallest absolute Gasteiger partial charge is 0.230 e. The van der Waals surface area contributed by atoms with E-state index in [9.17, 15) is 4.39 Å². The molecule has 4 nitrogen and oxygen atoms in total. The van der Waals surface area contributed by atoms with Gasteiger partial charge in [-0.05, 0) is 49.2 Å². The first-order valence-electron chi connectivity index (χ1n) is 6.49.